The van der Waals surface area contributed by atoms with Gasteiger partial charge in [-0.3, -0.25) is 4.79 Å². The molecular formula is C14H15N3O3S. The van der Waals surface area contributed by atoms with Gasteiger partial charge in [0.25, 0.3) is 0 Å². The molecule has 0 aliphatic carbocycles. The van der Waals surface area contributed by atoms with Gasteiger partial charge in [-0.15, -0.1) is 11.8 Å². The summed E-state index contributed by atoms with van der Waals surface area (Å²) in [5.74, 6) is 1.01. The van der Waals surface area contributed by atoms with E-state index < -0.39 is 0 Å². The van der Waals surface area contributed by atoms with Crippen LogP contribution in [0.25, 0.3) is 0 Å². The lowest BCUT2D eigenvalue weighted by atomic mass is 10.2. The van der Waals surface area contributed by atoms with Gasteiger partial charge in [0.05, 0.1) is 18.9 Å². The summed E-state index contributed by atoms with van der Waals surface area (Å²) in [7, 11) is 0. The Morgan fingerprint density at radius 3 is 3.00 bits per heavy atom. The maximum Gasteiger partial charge on any atom is 0.233 e. The van der Waals surface area contributed by atoms with Gasteiger partial charge in [-0.1, -0.05) is 23.4 Å². The Labute approximate surface area is 126 Å². The van der Waals surface area contributed by atoms with E-state index in [1.54, 1.807) is 4.90 Å². The largest absolute Gasteiger partial charge is 0.366 e. The molecule has 1 amide bonds. The summed E-state index contributed by atoms with van der Waals surface area (Å²) in [4.78, 5) is 19.1. The highest BCUT2D eigenvalue weighted by Crippen LogP contribution is 2.21. The Bertz CT molecular complexity index is 576. The molecule has 0 saturated carbocycles. The van der Waals surface area contributed by atoms with Gasteiger partial charge in [0, 0.05) is 11.4 Å². The summed E-state index contributed by atoms with van der Waals surface area (Å²) in [6, 6.07) is 9.89. The highest BCUT2D eigenvalue weighted by atomic mass is 32.2. The summed E-state index contributed by atoms with van der Waals surface area (Å²) in [5, 5.41) is 3.77. The summed E-state index contributed by atoms with van der Waals surface area (Å²) < 4.78 is 10.3. The summed E-state index contributed by atoms with van der Waals surface area (Å²) in [6.45, 7) is 1.55. The Morgan fingerprint density at radius 2 is 2.24 bits per heavy atom. The van der Waals surface area contributed by atoms with E-state index in [-0.39, 0.29) is 12.0 Å². The Hall–Kier alpha value is -1.86. The number of rotatable bonds is 4. The molecule has 0 spiro atoms. The lowest BCUT2D eigenvalue weighted by molar-refractivity contribution is -0.136. The molecule has 0 radical (unpaired) electrons. The van der Waals surface area contributed by atoms with Crippen LogP contribution in [-0.2, 0) is 9.53 Å². The fourth-order valence-electron chi connectivity index (χ4n) is 2.11. The van der Waals surface area contributed by atoms with Crippen molar-refractivity contribution < 1.29 is 14.1 Å². The van der Waals surface area contributed by atoms with Crippen molar-refractivity contribution in [1.82, 2.24) is 15.0 Å². The van der Waals surface area contributed by atoms with Crippen LogP contribution in [0.4, 0.5) is 0 Å². The number of morpholine rings is 1. The highest BCUT2D eigenvalue weighted by Gasteiger charge is 2.27. The lowest BCUT2D eigenvalue weighted by Crippen LogP contribution is -2.43. The van der Waals surface area contributed by atoms with Gasteiger partial charge in [0.2, 0.25) is 18.1 Å². The van der Waals surface area contributed by atoms with E-state index in [9.17, 15) is 4.79 Å². The highest BCUT2D eigenvalue weighted by molar-refractivity contribution is 8.00. The fourth-order valence-corrected chi connectivity index (χ4v) is 2.93. The Morgan fingerprint density at radius 1 is 1.38 bits per heavy atom. The average molecular weight is 305 g/mol. The van der Waals surface area contributed by atoms with E-state index in [4.69, 9.17) is 9.26 Å². The number of hydrogen-bond donors (Lipinski definition) is 0. The van der Waals surface area contributed by atoms with E-state index in [0.29, 0.717) is 31.3 Å². The van der Waals surface area contributed by atoms with Gasteiger partial charge >= 0.3 is 0 Å². The molecule has 110 valence electrons. The topological polar surface area (TPSA) is 68.5 Å². The second-order valence-electron chi connectivity index (χ2n) is 4.59. The van der Waals surface area contributed by atoms with Crippen LogP contribution < -0.4 is 0 Å². The molecule has 0 unspecified atom stereocenters. The number of ether oxygens (including phenoxy) is 1. The van der Waals surface area contributed by atoms with Crippen LogP contribution in [0.15, 0.2) is 46.1 Å². The quantitative estimate of drug-likeness (QED) is 0.802. The minimum absolute atomic E-state index is 0.0978. The molecular weight excluding hydrogens is 290 g/mol. The fraction of sp³-hybridized carbons (Fsp3) is 0.357. The van der Waals surface area contributed by atoms with Gasteiger partial charge in [0.15, 0.2) is 0 Å². The molecule has 3 rings (SSSR count). The minimum Gasteiger partial charge on any atom is -0.366 e. The zero-order valence-electron chi connectivity index (χ0n) is 11.3. The Balaban J connectivity index is 1.55. The minimum atomic E-state index is -0.303. The van der Waals surface area contributed by atoms with Crippen molar-refractivity contribution in [3.05, 3.63) is 42.5 Å². The van der Waals surface area contributed by atoms with Crippen molar-refractivity contribution in [2.24, 2.45) is 0 Å². The number of thioether (sulfide) groups is 1. The summed E-state index contributed by atoms with van der Waals surface area (Å²) in [5.41, 5.74) is 0. The molecule has 1 fully saturated rings. The number of amides is 1. The zero-order chi connectivity index (χ0) is 14.5. The number of carbonyl (C=O) groups is 1. The van der Waals surface area contributed by atoms with Crippen LogP contribution in [0, 0.1) is 0 Å². The van der Waals surface area contributed by atoms with Crippen molar-refractivity contribution >= 4 is 17.7 Å². The molecule has 21 heavy (non-hydrogen) atoms. The molecule has 2 heterocycles. The molecule has 1 saturated heterocycles. The van der Waals surface area contributed by atoms with Gasteiger partial charge in [-0.05, 0) is 12.1 Å². The van der Waals surface area contributed by atoms with Gasteiger partial charge in [0.1, 0.15) is 6.10 Å². The maximum absolute atomic E-state index is 12.3. The van der Waals surface area contributed by atoms with Crippen LogP contribution in [0.1, 0.15) is 11.9 Å². The van der Waals surface area contributed by atoms with E-state index in [2.05, 4.69) is 10.1 Å². The standard InChI is InChI=1S/C14H15N3O3S/c18-13(9-21-11-4-2-1-3-5-11)17-6-7-19-12(8-17)14-15-10-20-16-14/h1-5,10,12H,6-9H2/t12-/m0/s1. The van der Waals surface area contributed by atoms with E-state index in [1.807, 2.05) is 30.3 Å². The van der Waals surface area contributed by atoms with Crippen molar-refractivity contribution in [3.8, 4) is 0 Å². The second-order valence-corrected chi connectivity index (χ2v) is 5.64. The number of benzene rings is 1. The second kappa shape index (κ2) is 6.73. The molecule has 7 heteroatoms. The summed E-state index contributed by atoms with van der Waals surface area (Å²) in [6.07, 6.45) is 0.966. The van der Waals surface area contributed by atoms with E-state index in [1.165, 1.54) is 18.2 Å². The first kappa shape index (κ1) is 14.1. The predicted octanol–water partition coefficient (Wildman–Crippen LogP) is 1.76. The monoisotopic (exact) mass is 305 g/mol. The molecule has 1 aromatic carbocycles. The number of hydrogen-bond acceptors (Lipinski definition) is 6. The number of carbonyl (C=O) groups excluding carboxylic acids is 1. The molecule has 1 aliphatic rings. The third-order valence-corrected chi connectivity index (χ3v) is 4.19. The van der Waals surface area contributed by atoms with Crippen LogP contribution >= 0.6 is 11.8 Å². The van der Waals surface area contributed by atoms with Crippen LogP contribution in [0.5, 0.6) is 0 Å². The van der Waals surface area contributed by atoms with Crippen molar-refractivity contribution in [3.63, 3.8) is 0 Å². The maximum atomic E-state index is 12.3. The normalized spacial score (nSPS) is 18.7. The van der Waals surface area contributed by atoms with Gasteiger partial charge in [-0.25, -0.2) is 0 Å². The summed E-state index contributed by atoms with van der Waals surface area (Å²) >= 11 is 1.54. The molecule has 6 nitrogen and oxygen atoms in total. The predicted molar refractivity (Wildman–Crippen MR) is 76.7 cm³/mol. The van der Waals surface area contributed by atoms with Gasteiger partial charge < -0.3 is 14.2 Å². The van der Waals surface area contributed by atoms with Crippen LogP contribution in [0.3, 0.4) is 0 Å². The molecule has 0 N–H and O–H groups in total. The molecule has 0 bridgehead atoms. The molecule has 1 aliphatic heterocycles. The van der Waals surface area contributed by atoms with Crippen molar-refractivity contribution in [1.29, 1.82) is 0 Å². The first-order valence-electron chi connectivity index (χ1n) is 6.66. The lowest BCUT2D eigenvalue weighted by Gasteiger charge is -2.31. The zero-order valence-corrected chi connectivity index (χ0v) is 12.2. The smallest absolute Gasteiger partial charge is 0.233 e. The van der Waals surface area contributed by atoms with Crippen LogP contribution in [0.2, 0.25) is 0 Å². The third kappa shape index (κ3) is 3.62. The average Bonchev–Trinajstić information content (AvgIpc) is 3.08. The van der Waals surface area contributed by atoms with Gasteiger partial charge in [-0.2, -0.15) is 4.98 Å². The van der Waals surface area contributed by atoms with E-state index >= 15 is 0 Å². The van der Waals surface area contributed by atoms with Crippen molar-refractivity contribution in [2.75, 3.05) is 25.4 Å². The van der Waals surface area contributed by atoms with Crippen molar-refractivity contribution in [2.45, 2.75) is 11.0 Å². The molecule has 1 aromatic heterocycles. The van der Waals surface area contributed by atoms with E-state index in [0.717, 1.165) is 4.90 Å². The first-order chi connectivity index (χ1) is 10.3. The molecule has 1 atom stereocenters. The molecule has 2 aromatic rings. The Kier molecular flexibility index (Phi) is 4.52. The third-order valence-electron chi connectivity index (χ3n) is 3.19. The SMILES string of the molecule is O=C(CSc1ccccc1)N1CCO[C@H](c2ncon2)C1. The number of aromatic nitrogens is 2. The first-order valence-corrected chi connectivity index (χ1v) is 7.65. The number of nitrogens with zero attached hydrogens (tertiary/aromatic N) is 3. The van der Waals surface area contributed by atoms with Crippen LogP contribution in [-0.4, -0.2) is 46.4 Å².